The Hall–Kier alpha value is -3.42. The van der Waals surface area contributed by atoms with E-state index in [-0.39, 0.29) is 11.8 Å². The second-order valence-corrected chi connectivity index (χ2v) is 9.39. The van der Waals surface area contributed by atoms with E-state index in [1.807, 2.05) is 72.8 Å². The topological polar surface area (TPSA) is 76.0 Å². The minimum Gasteiger partial charge on any atom is -0.357 e. The van der Waals surface area contributed by atoms with Crippen molar-refractivity contribution in [3.63, 3.8) is 0 Å². The summed E-state index contributed by atoms with van der Waals surface area (Å²) in [5.74, 6) is -0.659. The van der Waals surface area contributed by atoms with Crippen molar-refractivity contribution in [3.8, 4) is 11.3 Å². The summed E-state index contributed by atoms with van der Waals surface area (Å²) in [7, 11) is 1.55. The fourth-order valence-corrected chi connectivity index (χ4v) is 4.45. The third kappa shape index (κ3) is 6.38. The molecule has 2 amide bonds. The van der Waals surface area contributed by atoms with Gasteiger partial charge in [0.15, 0.2) is 0 Å². The normalized spacial score (nSPS) is 11.6. The molecular formula is C27H24BrClN4O2. The zero-order chi connectivity index (χ0) is 24.8. The molecule has 1 atom stereocenters. The average Bonchev–Trinajstić information content (AvgIpc) is 3.27. The standard InChI is InChI=1S/C27H24BrClN4O2/c1-30-26(34)24(15-18-7-5-11-21(28)13-18)31-27(35)25-16-23(20-9-3-2-4-10-20)32-33(25)17-19-8-6-12-22(29)14-19/h2-14,16,24H,15,17H2,1H3,(H,30,34)(H,31,35). The van der Waals surface area contributed by atoms with Crippen LogP contribution in [0.3, 0.4) is 0 Å². The van der Waals surface area contributed by atoms with E-state index in [4.69, 9.17) is 16.7 Å². The SMILES string of the molecule is CNC(=O)C(Cc1cccc(Br)c1)NC(=O)c1cc(-c2ccccc2)nn1Cc1cccc(Cl)c1. The van der Waals surface area contributed by atoms with Gasteiger partial charge in [0.1, 0.15) is 11.7 Å². The summed E-state index contributed by atoms with van der Waals surface area (Å²) in [4.78, 5) is 26.1. The highest BCUT2D eigenvalue weighted by Crippen LogP contribution is 2.21. The maximum absolute atomic E-state index is 13.5. The van der Waals surface area contributed by atoms with Crippen molar-refractivity contribution in [1.82, 2.24) is 20.4 Å². The number of hydrogen-bond acceptors (Lipinski definition) is 3. The number of hydrogen-bond donors (Lipinski definition) is 2. The number of carbonyl (C=O) groups is 2. The van der Waals surface area contributed by atoms with Crippen molar-refractivity contribution in [2.75, 3.05) is 7.05 Å². The second kappa shape index (κ2) is 11.3. The van der Waals surface area contributed by atoms with E-state index in [0.717, 1.165) is 21.2 Å². The van der Waals surface area contributed by atoms with Crippen LogP contribution in [0.2, 0.25) is 5.02 Å². The van der Waals surface area contributed by atoms with E-state index >= 15 is 0 Å². The first-order valence-corrected chi connectivity index (χ1v) is 12.2. The number of halogens is 2. The fraction of sp³-hybridized carbons (Fsp3) is 0.148. The molecule has 0 saturated heterocycles. The van der Waals surface area contributed by atoms with Crippen LogP contribution in [0.1, 0.15) is 21.6 Å². The van der Waals surface area contributed by atoms with Crippen molar-refractivity contribution >= 4 is 39.3 Å². The quantitative estimate of drug-likeness (QED) is 0.320. The minimum atomic E-state index is -0.753. The molecule has 35 heavy (non-hydrogen) atoms. The number of likely N-dealkylation sites (N-methyl/N-ethyl adjacent to an activating group) is 1. The van der Waals surface area contributed by atoms with Gasteiger partial charge in [-0.3, -0.25) is 14.3 Å². The monoisotopic (exact) mass is 550 g/mol. The van der Waals surface area contributed by atoms with Gasteiger partial charge in [0.2, 0.25) is 5.91 Å². The van der Waals surface area contributed by atoms with Crippen LogP contribution in [0.25, 0.3) is 11.3 Å². The molecule has 0 saturated carbocycles. The molecule has 1 unspecified atom stereocenters. The molecule has 0 fully saturated rings. The molecule has 2 N–H and O–H groups in total. The van der Waals surface area contributed by atoms with Gasteiger partial charge < -0.3 is 10.6 Å². The second-order valence-electron chi connectivity index (χ2n) is 8.04. The Morgan fingerprint density at radius 1 is 0.971 bits per heavy atom. The number of aromatic nitrogens is 2. The highest BCUT2D eigenvalue weighted by molar-refractivity contribution is 9.10. The number of nitrogens with zero attached hydrogens (tertiary/aromatic N) is 2. The highest BCUT2D eigenvalue weighted by atomic mass is 79.9. The lowest BCUT2D eigenvalue weighted by Crippen LogP contribution is -2.47. The number of benzene rings is 3. The predicted octanol–water partition coefficient (Wildman–Crippen LogP) is 5.10. The molecular weight excluding hydrogens is 528 g/mol. The van der Waals surface area contributed by atoms with Gasteiger partial charge in [-0.15, -0.1) is 0 Å². The lowest BCUT2D eigenvalue weighted by Gasteiger charge is -2.18. The third-order valence-corrected chi connectivity index (χ3v) is 6.23. The Bertz CT molecular complexity index is 1340. The van der Waals surface area contributed by atoms with Crippen molar-refractivity contribution in [3.05, 3.63) is 111 Å². The smallest absolute Gasteiger partial charge is 0.270 e. The molecule has 8 heteroatoms. The first-order chi connectivity index (χ1) is 16.9. The predicted molar refractivity (Wildman–Crippen MR) is 141 cm³/mol. The van der Waals surface area contributed by atoms with Crippen molar-refractivity contribution < 1.29 is 9.59 Å². The average molecular weight is 552 g/mol. The van der Waals surface area contributed by atoms with E-state index in [1.165, 1.54) is 0 Å². The fourth-order valence-electron chi connectivity index (χ4n) is 3.79. The van der Waals surface area contributed by atoms with Gasteiger partial charge in [-0.25, -0.2) is 0 Å². The van der Waals surface area contributed by atoms with E-state index in [0.29, 0.717) is 29.4 Å². The number of rotatable bonds is 8. The maximum Gasteiger partial charge on any atom is 0.270 e. The molecule has 0 aliphatic heterocycles. The molecule has 1 heterocycles. The van der Waals surface area contributed by atoms with Gasteiger partial charge in [0.25, 0.3) is 5.91 Å². The van der Waals surface area contributed by atoms with E-state index < -0.39 is 6.04 Å². The van der Waals surface area contributed by atoms with Crippen LogP contribution in [-0.2, 0) is 17.8 Å². The van der Waals surface area contributed by atoms with Gasteiger partial charge in [0, 0.05) is 28.5 Å². The van der Waals surface area contributed by atoms with Crippen LogP contribution in [0.15, 0.2) is 89.4 Å². The van der Waals surface area contributed by atoms with Gasteiger partial charge in [-0.2, -0.15) is 5.10 Å². The third-order valence-electron chi connectivity index (χ3n) is 5.50. The molecule has 0 radical (unpaired) electrons. The molecule has 4 aromatic rings. The molecule has 3 aromatic carbocycles. The molecule has 0 spiro atoms. The van der Waals surface area contributed by atoms with E-state index in [9.17, 15) is 9.59 Å². The van der Waals surface area contributed by atoms with Gasteiger partial charge in [-0.1, -0.05) is 82.1 Å². The maximum atomic E-state index is 13.5. The Kier molecular flexibility index (Phi) is 8.00. The number of carbonyl (C=O) groups excluding carboxylic acids is 2. The Morgan fingerprint density at radius 2 is 1.71 bits per heavy atom. The first kappa shape index (κ1) is 24.7. The van der Waals surface area contributed by atoms with Crippen LogP contribution >= 0.6 is 27.5 Å². The van der Waals surface area contributed by atoms with Gasteiger partial charge in [0.05, 0.1) is 12.2 Å². The van der Waals surface area contributed by atoms with Crippen LogP contribution in [0.5, 0.6) is 0 Å². The van der Waals surface area contributed by atoms with Crippen molar-refractivity contribution in [1.29, 1.82) is 0 Å². The summed E-state index contributed by atoms with van der Waals surface area (Å²) in [6.07, 6.45) is 0.346. The van der Waals surface area contributed by atoms with Crippen LogP contribution in [-0.4, -0.2) is 34.7 Å². The molecule has 1 aromatic heterocycles. The van der Waals surface area contributed by atoms with E-state index in [2.05, 4.69) is 26.6 Å². The van der Waals surface area contributed by atoms with Crippen molar-refractivity contribution in [2.45, 2.75) is 19.0 Å². The summed E-state index contributed by atoms with van der Waals surface area (Å²) in [5.41, 5.74) is 3.74. The first-order valence-electron chi connectivity index (χ1n) is 11.1. The van der Waals surface area contributed by atoms with Gasteiger partial charge >= 0.3 is 0 Å². The van der Waals surface area contributed by atoms with Crippen molar-refractivity contribution in [2.24, 2.45) is 0 Å². The molecule has 0 aliphatic rings. The summed E-state index contributed by atoms with van der Waals surface area (Å²) in [5, 5.41) is 10.9. The van der Waals surface area contributed by atoms with Crippen LogP contribution in [0.4, 0.5) is 0 Å². The van der Waals surface area contributed by atoms with Gasteiger partial charge in [-0.05, 0) is 41.5 Å². The summed E-state index contributed by atoms with van der Waals surface area (Å²) in [6.45, 7) is 0.354. The Morgan fingerprint density at radius 3 is 2.43 bits per heavy atom. The lowest BCUT2D eigenvalue weighted by atomic mass is 10.0. The molecule has 0 bridgehead atoms. The number of nitrogens with one attached hydrogen (secondary N) is 2. The highest BCUT2D eigenvalue weighted by Gasteiger charge is 2.24. The number of amides is 2. The summed E-state index contributed by atoms with van der Waals surface area (Å²) in [6, 6.07) is 25.7. The lowest BCUT2D eigenvalue weighted by molar-refractivity contribution is -0.122. The Balaban J connectivity index is 1.65. The summed E-state index contributed by atoms with van der Waals surface area (Å²) >= 11 is 9.62. The largest absolute Gasteiger partial charge is 0.357 e. The molecule has 0 aliphatic carbocycles. The molecule has 178 valence electrons. The zero-order valence-electron chi connectivity index (χ0n) is 19.0. The van der Waals surface area contributed by atoms with E-state index in [1.54, 1.807) is 23.9 Å². The summed E-state index contributed by atoms with van der Waals surface area (Å²) < 4.78 is 2.55. The minimum absolute atomic E-state index is 0.275. The zero-order valence-corrected chi connectivity index (χ0v) is 21.4. The van der Waals surface area contributed by atoms with Crippen LogP contribution < -0.4 is 10.6 Å². The molecule has 6 nitrogen and oxygen atoms in total. The van der Waals surface area contributed by atoms with Crippen LogP contribution in [0, 0.1) is 0 Å². The molecule has 4 rings (SSSR count). The Labute approximate surface area is 217 Å².